The van der Waals surface area contributed by atoms with Crippen molar-refractivity contribution in [2.45, 2.75) is 187 Å². The van der Waals surface area contributed by atoms with Crippen LogP contribution in [0, 0.1) is 5.92 Å². The van der Waals surface area contributed by atoms with Crippen LogP contribution in [-0.4, -0.2) is 37.7 Å². The molecule has 0 aliphatic rings. The van der Waals surface area contributed by atoms with Crippen LogP contribution in [0.5, 0.6) is 0 Å². The maximum absolute atomic E-state index is 13.0. The summed E-state index contributed by atoms with van der Waals surface area (Å²) in [5, 5.41) is 2.97. The summed E-state index contributed by atoms with van der Waals surface area (Å²) < 4.78 is 6.22. The van der Waals surface area contributed by atoms with Crippen molar-refractivity contribution < 1.29 is 9.53 Å². The molecule has 0 radical (unpaired) electrons. The molecule has 0 aliphatic carbocycles. The summed E-state index contributed by atoms with van der Waals surface area (Å²) in [6, 6.07) is 9.68. The summed E-state index contributed by atoms with van der Waals surface area (Å²) in [6.45, 7) is 5.47. The molecule has 1 aromatic rings. The standard InChI is InChI=1S/C48H82N2O2/c1-5-7-9-11-13-15-17-19-21-23-25-27-29-31-33-36-40-45(44-50(3)4)47(52-48(51)49-46-41-37-35-38-42-46)43-39-34-32-30-28-26-24-22-20-18-16-14-12-10-8-6-2/h13-16,19-22,35,37-38,41-42,45,47H,5-12,17-18,23-34,36,39-40,43-44H2,1-4H3,(H,49,51)/b15-13-,16-14-,21-19-,22-20-. The molecule has 0 spiro atoms. The number of nitrogens with one attached hydrogen (secondary N) is 1. The largest absolute Gasteiger partial charge is 0.446 e. The number of anilines is 1. The van der Waals surface area contributed by atoms with Crippen molar-refractivity contribution in [1.82, 2.24) is 4.90 Å². The van der Waals surface area contributed by atoms with E-state index in [9.17, 15) is 4.79 Å². The van der Waals surface area contributed by atoms with Gasteiger partial charge in [0, 0.05) is 18.2 Å². The third-order valence-electron chi connectivity index (χ3n) is 9.87. The third kappa shape index (κ3) is 31.0. The number of ether oxygens (including phenoxy) is 1. The minimum Gasteiger partial charge on any atom is -0.446 e. The fourth-order valence-electron chi connectivity index (χ4n) is 6.79. The number of unbranched alkanes of at least 4 members (excludes halogenated alkanes) is 18. The van der Waals surface area contributed by atoms with E-state index in [4.69, 9.17) is 4.74 Å². The lowest BCUT2D eigenvalue weighted by atomic mass is 9.90. The highest BCUT2D eigenvalue weighted by molar-refractivity contribution is 5.84. The molecule has 2 unspecified atom stereocenters. The van der Waals surface area contributed by atoms with Crippen molar-refractivity contribution in [3.8, 4) is 0 Å². The predicted octanol–water partition coefficient (Wildman–Crippen LogP) is 15.2. The number of amides is 1. The van der Waals surface area contributed by atoms with Crippen LogP contribution in [-0.2, 0) is 4.74 Å². The van der Waals surface area contributed by atoms with E-state index in [1.165, 1.54) is 135 Å². The Morgan fingerprint density at radius 2 is 1.00 bits per heavy atom. The van der Waals surface area contributed by atoms with Crippen molar-refractivity contribution in [2.75, 3.05) is 26.0 Å². The summed E-state index contributed by atoms with van der Waals surface area (Å²) in [7, 11) is 4.29. The van der Waals surface area contributed by atoms with Crippen molar-refractivity contribution in [1.29, 1.82) is 0 Å². The molecule has 0 heterocycles. The summed E-state index contributed by atoms with van der Waals surface area (Å²) >= 11 is 0. The molecule has 4 heteroatoms. The second-order valence-corrected chi connectivity index (χ2v) is 15.2. The van der Waals surface area contributed by atoms with Crippen LogP contribution in [0.4, 0.5) is 10.5 Å². The van der Waals surface area contributed by atoms with Gasteiger partial charge in [-0.05, 0) is 110 Å². The average molecular weight is 719 g/mol. The predicted molar refractivity (Wildman–Crippen MR) is 230 cm³/mol. The number of para-hydroxylation sites is 1. The van der Waals surface area contributed by atoms with Crippen LogP contribution < -0.4 is 5.32 Å². The van der Waals surface area contributed by atoms with E-state index >= 15 is 0 Å². The molecule has 52 heavy (non-hydrogen) atoms. The van der Waals surface area contributed by atoms with Crippen LogP contribution in [0.1, 0.15) is 181 Å². The summed E-state index contributed by atoms with van der Waals surface area (Å²) in [5.74, 6) is 0.348. The topological polar surface area (TPSA) is 41.6 Å². The first-order chi connectivity index (χ1) is 25.6. The molecule has 2 atom stereocenters. The Hall–Kier alpha value is -2.59. The van der Waals surface area contributed by atoms with Crippen LogP contribution in [0.3, 0.4) is 0 Å². The first-order valence-electron chi connectivity index (χ1n) is 21.8. The van der Waals surface area contributed by atoms with Gasteiger partial charge in [-0.15, -0.1) is 0 Å². The van der Waals surface area contributed by atoms with Crippen molar-refractivity contribution in [2.24, 2.45) is 5.92 Å². The maximum Gasteiger partial charge on any atom is 0.411 e. The van der Waals surface area contributed by atoms with Crippen LogP contribution in [0.25, 0.3) is 0 Å². The molecular formula is C48H82N2O2. The lowest BCUT2D eigenvalue weighted by Gasteiger charge is -2.29. The van der Waals surface area contributed by atoms with Gasteiger partial charge in [0.05, 0.1) is 0 Å². The summed E-state index contributed by atoms with van der Waals surface area (Å²) in [6.07, 6.45) is 50.4. The molecule has 0 aromatic heterocycles. The van der Waals surface area contributed by atoms with Crippen LogP contribution in [0.2, 0.25) is 0 Å². The van der Waals surface area contributed by atoms with Gasteiger partial charge in [-0.2, -0.15) is 0 Å². The van der Waals surface area contributed by atoms with Gasteiger partial charge in [-0.1, -0.05) is 164 Å². The zero-order valence-electron chi connectivity index (χ0n) is 34.5. The van der Waals surface area contributed by atoms with Gasteiger partial charge in [-0.3, -0.25) is 5.32 Å². The van der Waals surface area contributed by atoms with Crippen molar-refractivity contribution in [3.63, 3.8) is 0 Å². The van der Waals surface area contributed by atoms with E-state index < -0.39 is 0 Å². The van der Waals surface area contributed by atoms with E-state index in [1.807, 2.05) is 30.3 Å². The van der Waals surface area contributed by atoms with Gasteiger partial charge >= 0.3 is 6.09 Å². The normalized spacial score (nSPS) is 13.3. The van der Waals surface area contributed by atoms with E-state index in [1.54, 1.807) is 0 Å². The number of benzene rings is 1. The van der Waals surface area contributed by atoms with Crippen LogP contribution >= 0.6 is 0 Å². The zero-order valence-corrected chi connectivity index (χ0v) is 34.5. The quantitative estimate of drug-likeness (QED) is 0.0561. The number of carbonyl (C=O) groups excluding carboxylic acids is 1. The Labute approximate surface area is 323 Å². The minimum atomic E-state index is -0.322. The van der Waals surface area contributed by atoms with E-state index in [0.29, 0.717) is 5.92 Å². The molecule has 0 bridgehead atoms. The van der Waals surface area contributed by atoms with Crippen molar-refractivity contribution >= 4 is 11.8 Å². The third-order valence-corrected chi connectivity index (χ3v) is 9.87. The number of hydrogen-bond acceptors (Lipinski definition) is 3. The highest BCUT2D eigenvalue weighted by Crippen LogP contribution is 2.24. The van der Waals surface area contributed by atoms with Gasteiger partial charge in [0.25, 0.3) is 0 Å². The molecule has 1 N–H and O–H groups in total. The average Bonchev–Trinajstić information content (AvgIpc) is 3.13. The number of nitrogens with zero attached hydrogens (tertiary/aromatic N) is 1. The molecule has 1 rings (SSSR count). The van der Waals surface area contributed by atoms with Crippen LogP contribution in [0.15, 0.2) is 78.9 Å². The Balaban J connectivity index is 2.41. The minimum absolute atomic E-state index is 0.0603. The lowest BCUT2D eigenvalue weighted by Crippen LogP contribution is -2.35. The molecule has 0 aliphatic heterocycles. The van der Waals surface area contributed by atoms with Crippen molar-refractivity contribution in [3.05, 3.63) is 78.9 Å². The molecule has 296 valence electrons. The smallest absolute Gasteiger partial charge is 0.411 e. The molecule has 0 saturated heterocycles. The van der Waals surface area contributed by atoms with E-state index in [2.05, 4.69) is 86.8 Å². The highest BCUT2D eigenvalue weighted by Gasteiger charge is 2.25. The van der Waals surface area contributed by atoms with E-state index in [0.717, 1.165) is 44.3 Å². The van der Waals surface area contributed by atoms with Gasteiger partial charge in [0.2, 0.25) is 0 Å². The first-order valence-corrected chi connectivity index (χ1v) is 21.8. The van der Waals surface area contributed by atoms with E-state index in [-0.39, 0.29) is 12.2 Å². The molecular weight excluding hydrogens is 637 g/mol. The summed E-state index contributed by atoms with van der Waals surface area (Å²) in [4.78, 5) is 15.3. The first kappa shape index (κ1) is 47.4. The fourth-order valence-corrected chi connectivity index (χ4v) is 6.79. The summed E-state index contributed by atoms with van der Waals surface area (Å²) in [5.41, 5.74) is 0.786. The fraction of sp³-hybridized carbons (Fsp3) is 0.688. The maximum atomic E-state index is 13.0. The zero-order chi connectivity index (χ0) is 37.6. The number of carbonyl (C=O) groups is 1. The molecule has 0 saturated carbocycles. The lowest BCUT2D eigenvalue weighted by molar-refractivity contribution is 0.0495. The Kier molecular flexibility index (Phi) is 33.5. The highest BCUT2D eigenvalue weighted by atomic mass is 16.6. The molecule has 1 aromatic carbocycles. The number of rotatable bonds is 35. The Morgan fingerprint density at radius 1 is 0.577 bits per heavy atom. The SMILES string of the molecule is CCCCC/C=C\C/C=C\CCCCCCCCC(CN(C)C)C(CCCCCCCC/C=C\C/C=C\CCCCC)OC(=O)Nc1ccccc1. The van der Waals surface area contributed by atoms with Gasteiger partial charge in [-0.25, -0.2) is 4.79 Å². The second-order valence-electron chi connectivity index (χ2n) is 15.2. The van der Waals surface area contributed by atoms with Gasteiger partial charge in [0.1, 0.15) is 6.10 Å². The molecule has 4 nitrogen and oxygen atoms in total. The second kappa shape index (κ2) is 36.8. The molecule has 0 fully saturated rings. The van der Waals surface area contributed by atoms with Gasteiger partial charge in [0.15, 0.2) is 0 Å². The Morgan fingerprint density at radius 3 is 1.46 bits per heavy atom. The number of allylic oxidation sites excluding steroid dienone is 8. The van der Waals surface area contributed by atoms with Gasteiger partial charge < -0.3 is 9.64 Å². The molecule has 1 amide bonds. The monoisotopic (exact) mass is 719 g/mol. The Bertz CT molecular complexity index is 1030. The number of hydrogen-bond donors (Lipinski definition) is 1.